The number of amides is 1. The molecule has 0 bridgehead atoms. The summed E-state index contributed by atoms with van der Waals surface area (Å²) in [7, 11) is 0. The first-order chi connectivity index (χ1) is 14.4. The molecule has 3 aromatic rings. The van der Waals surface area contributed by atoms with Gasteiger partial charge in [0.1, 0.15) is 12.4 Å². The van der Waals surface area contributed by atoms with Crippen LogP contribution < -0.4 is 15.4 Å². The van der Waals surface area contributed by atoms with Crippen LogP contribution in [0.15, 0.2) is 66.7 Å². The van der Waals surface area contributed by atoms with E-state index in [1.54, 1.807) is 12.1 Å². The number of rotatable bonds is 8. The number of halogens is 2. The molecule has 0 atom stereocenters. The van der Waals surface area contributed by atoms with Crippen molar-refractivity contribution >= 4 is 40.5 Å². The molecule has 4 nitrogen and oxygen atoms in total. The van der Waals surface area contributed by atoms with Gasteiger partial charge in [-0.25, -0.2) is 0 Å². The van der Waals surface area contributed by atoms with E-state index in [2.05, 4.69) is 10.6 Å². The number of carbonyl (C=O) groups is 1. The van der Waals surface area contributed by atoms with Crippen LogP contribution >= 0.6 is 23.2 Å². The molecule has 30 heavy (non-hydrogen) atoms. The lowest BCUT2D eigenvalue weighted by Gasteiger charge is -2.11. The molecule has 0 aliphatic carbocycles. The van der Waals surface area contributed by atoms with Gasteiger partial charge >= 0.3 is 0 Å². The van der Waals surface area contributed by atoms with Gasteiger partial charge in [-0.1, -0.05) is 55.2 Å². The Kier molecular flexibility index (Phi) is 7.61. The van der Waals surface area contributed by atoms with Crippen molar-refractivity contribution in [2.45, 2.75) is 27.0 Å². The van der Waals surface area contributed by atoms with Gasteiger partial charge in [-0.05, 0) is 54.1 Å². The highest BCUT2D eigenvalue weighted by Gasteiger charge is 2.07. The van der Waals surface area contributed by atoms with E-state index in [4.69, 9.17) is 27.9 Å². The fourth-order valence-electron chi connectivity index (χ4n) is 2.67. The lowest BCUT2D eigenvalue weighted by molar-refractivity contribution is -0.118. The predicted octanol–water partition coefficient (Wildman–Crippen LogP) is 6.78. The molecule has 0 saturated carbocycles. The topological polar surface area (TPSA) is 50.4 Å². The average molecular weight is 443 g/mol. The molecule has 3 aromatic carbocycles. The summed E-state index contributed by atoms with van der Waals surface area (Å²) in [5.74, 6) is 0.740. The van der Waals surface area contributed by atoms with Crippen LogP contribution in [-0.4, -0.2) is 5.91 Å². The zero-order chi connectivity index (χ0) is 21.5. The maximum atomic E-state index is 11.7. The fourth-order valence-corrected chi connectivity index (χ4v) is 3.13. The molecule has 0 aromatic heterocycles. The molecule has 0 spiro atoms. The molecule has 0 radical (unpaired) electrons. The van der Waals surface area contributed by atoms with Crippen LogP contribution in [0.25, 0.3) is 0 Å². The monoisotopic (exact) mass is 442 g/mol. The standard InChI is InChI=1S/C24H24Cl2N2O2/c1-16(2)24(29)28-21-9-7-20(8-10-21)27-14-17-3-11-22(12-4-17)30-15-18-5-6-19(25)13-23(18)26/h3-13,16,27H,14-15H2,1-2H3,(H,28,29). The molecule has 2 N–H and O–H groups in total. The summed E-state index contributed by atoms with van der Waals surface area (Å²) < 4.78 is 5.81. The van der Waals surface area contributed by atoms with Gasteiger partial charge in [0.05, 0.1) is 0 Å². The summed E-state index contributed by atoms with van der Waals surface area (Å²) in [6.07, 6.45) is 0. The highest BCUT2D eigenvalue weighted by molar-refractivity contribution is 6.35. The molecular weight excluding hydrogens is 419 g/mol. The zero-order valence-corrected chi connectivity index (χ0v) is 18.4. The molecule has 6 heteroatoms. The van der Waals surface area contributed by atoms with Gasteiger partial charge in [-0.15, -0.1) is 0 Å². The molecule has 1 amide bonds. The van der Waals surface area contributed by atoms with E-state index in [1.165, 1.54) is 0 Å². The maximum Gasteiger partial charge on any atom is 0.226 e. The normalized spacial score (nSPS) is 10.7. The van der Waals surface area contributed by atoms with Crippen LogP contribution in [0.5, 0.6) is 5.75 Å². The van der Waals surface area contributed by atoms with Gasteiger partial charge in [0.25, 0.3) is 0 Å². The summed E-state index contributed by atoms with van der Waals surface area (Å²) in [5.41, 5.74) is 3.79. The first kappa shape index (κ1) is 22.0. The molecule has 0 fully saturated rings. The highest BCUT2D eigenvalue weighted by atomic mass is 35.5. The van der Waals surface area contributed by atoms with Crippen molar-refractivity contribution in [2.24, 2.45) is 5.92 Å². The number of anilines is 2. The fraction of sp³-hybridized carbons (Fsp3) is 0.208. The number of hydrogen-bond acceptors (Lipinski definition) is 3. The van der Waals surface area contributed by atoms with Crippen molar-refractivity contribution < 1.29 is 9.53 Å². The van der Waals surface area contributed by atoms with Crippen molar-refractivity contribution in [2.75, 3.05) is 10.6 Å². The molecule has 3 rings (SSSR count). The van der Waals surface area contributed by atoms with Gasteiger partial charge in [-0.2, -0.15) is 0 Å². The van der Waals surface area contributed by atoms with Gasteiger partial charge in [0.15, 0.2) is 0 Å². The van der Waals surface area contributed by atoms with Gasteiger partial charge in [0, 0.05) is 39.4 Å². The first-order valence-corrected chi connectivity index (χ1v) is 10.5. The van der Waals surface area contributed by atoms with Crippen LogP contribution in [0.2, 0.25) is 10.0 Å². The first-order valence-electron chi connectivity index (χ1n) is 9.71. The van der Waals surface area contributed by atoms with Crippen molar-refractivity contribution in [3.05, 3.63) is 87.9 Å². The lowest BCUT2D eigenvalue weighted by Crippen LogP contribution is -2.17. The minimum absolute atomic E-state index is 0.0105. The minimum Gasteiger partial charge on any atom is -0.489 e. The summed E-state index contributed by atoms with van der Waals surface area (Å²) in [6, 6.07) is 21.0. The Morgan fingerprint density at radius 2 is 1.60 bits per heavy atom. The van der Waals surface area contributed by atoms with E-state index in [0.717, 1.165) is 28.3 Å². The summed E-state index contributed by atoms with van der Waals surface area (Å²) in [6.45, 7) is 4.80. The largest absolute Gasteiger partial charge is 0.489 e. The Morgan fingerprint density at radius 1 is 0.933 bits per heavy atom. The van der Waals surface area contributed by atoms with Crippen LogP contribution in [0, 0.1) is 5.92 Å². The van der Waals surface area contributed by atoms with E-state index in [-0.39, 0.29) is 11.8 Å². The Morgan fingerprint density at radius 3 is 2.23 bits per heavy atom. The molecule has 0 aliphatic rings. The third-order valence-electron chi connectivity index (χ3n) is 4.51. The minimum atomic E-state index is -0.0436. The smallest absolute Gasteiger partial charge is 0.226 e. The van der Waals surface area contributed by atoms with E-state index >= 15 is 0 Å². The van der Waals surface area contributed by atoms with E-state index in [0.29, 0.717) is 23.2 Å². The highest BCUT2D eigenvalue weighted by Crippen LogP contribution is 2.23. The Hall–Kier alpha value is -2.69. The SMILES string of the molecule is CC(C)C(=O)Nc1ccc(NCc2ccc(OCc3ccc(Cl)cc3Cl)cc2)cc1. The maximum absolute atomic E-state index is 11.7. The second-order valence-corrected chi connectivity index (χ2v) is 8.09. The van der Waals surface area contributed by atoms with Gasteiger partial charge in [0.2, 0.25) is 5.91 Å². The number of hydrogen-bond donors (Lipinski definition) is 2. The van der Waals surface area contributed by atoms with Gasteiger partial charge < -0.3 is 15.4 Å². The number of ether oxygens (including phenoxy) is 1. The van der Waals surface area contributed by atoms with Gasteiger partial charge in [-0.3, -0.25) is 4.79 Å². The second-order valence-electron chi connectivity index (χ2n) is 7.24. The summed E-state index contributed by atoms with van der Waals surface area (Å²) in [4.78, 5) is 11.7. The molecule has 0 heterocycles. The molecule has 0 unspecified atom stereocenters. The van der Waals surface area contributed by atoms with Crippen molar-refractivity contribution in [3.63, 3.8) is 0 Å². The second kappa shape index (κ2) is 10.4. The number of nitrogens with one attached hydrogen (secondary N) is 2. The average Bonchev–Trinajstić information content (AvgIpc) is 2.73. The Balaban J connectivity index is 1.49. The van der Waals surface area contributed by atoms with E-state index in [1.807, 2.05) is 68.4 Å². The predicted molar refractivity (Wildman–Crippen MR) is 124 cm³/mol. The molecular formula is C24H24Cl2N2O2. The molecule has 156 valence electrons. The molecule has 0 aliphatic heterocycles. The van der Waals surface area contributed by atoms with Crippen molar-refractivity contribution in [3.8, 4) is 5.75 Å². The summed E-state index contributed by atoms with van der Waals surface area (Å²) >= 11 is 12.1. The summed E-state index contributed by atoms with van der Waals surface area (Å²) in [5, 5.41) is 7.46. The van der Waals surface area contributed by atoms with Crippen LogP contribution in [-0.2, 0) is 17.9 Å². The third-order valence-corrected chi connectivity index (χ3v) is 5.09. The van der Waals surface area contributed by atoms with E-state index < -0.39 is 0 Å². The Bertz CT molecular complexity index is 987. The van der Waals surface area contributed by atoms with E-state index in [9.17, 15) is 4.79 Å². The van der Waals surface area contributed by atoms with Crippen LogP contribution in [0.3, 0.4) is 0 Å². The van der Waals surface area contributed by atoms with Crippen LogP contribution in [0.4, 0.5) is 11.4 Å². The molecule has 0 saturated heterocycles. The van der Waals surface area contributed by atoms with Crippen molar-refractivity contribution in [1.29, 1.82) is 0 Å². The zero-order valence-electron chi connectivity index (χ0n) is 16.9. The Labute approximate surface area is 187 Å². The van der Waals surface area contributed by atoms with Crippen LogP contribution in [0.1, 0.15) is 25.0 Å². The quantitative estimate of drug-likeness (QED) is 0.404. The number of benzene rings is 3. The van der Waals surface area contributed by atoms with Crippen molar-refractivity contribution in [1.82, 2.24) is 0 Å². The third kappa shape index (κ3) is 6.41. The number of carbonyl (C=O) groups excluding carboxylic acids is 1. The lowest BCUT2D eigenvalue weighted by atomic mass is 10.2.